The van der Waals surface area contributed by atoms with Crippen LogP contribution in [0.5, 0.6) is 0 Å². The summed E-state index contributed by atoms with van der Waals surface area (Å²) in [6.07, 6.45) is 13.0. The monoisotopic (exact) mass is 371 g/mol. The third-order valence-electron chi connectivity index (χ3n) is 10.7. The van der Waals surface area contributed by atoms with Gasteiger partial charge in [0.05, 0.1) is 0 Å². The minimum atomic E-state index is 0.409. The van der Waals surface area contributed by atoms with Gasteiger partial charge in [-0.05, 0) is 120 Å². The van der Waals surface area contributed by atoms with E-state index in [1.165, 1.54) is 70.9 Å². The van der Waals surface area contributed by atoms with Crippen LogP contribution >= 0.6 is 0 Å². The predicted octanol–water partition coefficient (Wildman–Crippen LogP) is 3.69. The van der Waals surface area contributed by atoms with Crippen molar-refractivity contribution >= 4 is 0 Å². The minimum Gasteiger partial charge on any atom is -0.313 e. The summed E-state index contributed by atoms with van der Waals surface area (Å²) in [6, 6.07) is 1.60. The normalized spacial score (nSPS) is 62.1. The Bertz CT molecular complexity index is 617. The number of hydrogen-bond acceptors (Lipinski definition) is 3. The highest BCUT2D eigenvalue weighted by atomic mass is 15.1. The summed E-state index contributed by atoms with van der Waals surface area (Å²) in [5.74, 6) is 4.70. The molecule has 27 heavy (non-hydrogen) atoms. The maximum absolute atomic E-state index is 4.18. The first kappa shape index (κ1) is 17.7. The van der Waals surface area contributed by atoms with Crippen LogP contribution in [0.3, 0.4) is 0 Å². The van der Waals surface area contributed by atoms with E-state index < -0.39 is 0 Å². The molecule has 2 saturated carbocycles. The lowest BCUT2D eigenvalue weighted by Gasteiger charge is -2.50. The molecule has 5 saturated heterocycles. The average molecular weight is 372 g/mol. The van der Waals surface area contributed by atoms with Crippen LogP contribution in [0.1, 0.15) is 78.6 Å². The predicted molar refractivity (Wildman–Crippen MR) is 111 cm³/mol. The van der Waals surface area contributed by atoms with E-state index in [4.69, 9.17) is 0 Å². The standard InChI is InChI=1S/C24H41N3/c1-22-11-16(18(12-22)20-10-17-5-8-24(20,3)27-17)14-25-21(22)19-13-23(2)7-4-15(19)6-9-26-23/h15-21,25-27H,4-14H2,1-3H3. The fourth-order valence-electron chi connectivity index (χ4n) is 9.42. The van der Waals surface area contributed by atoms with Gasteiger partial charge in [-0.25, -0.2) is 0 Å². The second-order valence-electron chi connectivity index (χ2n) is 12.5. The Balaban J connectivity index is 1.25. The Morgan fingerprint density at radius 2 is 1.74 bits per heavy atom. The van der Waals surface area contributed by atoms with E-state index in [1.807, 2.05) is 0 Å². The molecular formula is C24H41N3. The van der Waals surface area contributed by atoms with Crippen molar-refractivity contribution in [1.29, 1.82) is 0 Å². The molecule has 0 spiro atoms. The second kappa shape index (κ2) is 5.73. The first-order valence-corrected chi connectivity index (χ1v) is 12.1. The molecule has 0 radical (unpaired) electrons. The first-order valence-electron chi connectivity index (χ1n) is 12.1. The summed E-state index contributed by atoms with van der Waals surface area (Å²) < 4.78 is 0. The largest absolute Gasteiger partial charge is 0.313 e. The fourth-order valence-corrected chi connectivity index (χ4v) is 9.42. The highest BCUT2D eigenvalue weighted by Crippen LogP contribution is 2.60. The summed E-state index contributed by atoms with van der Waals surface area (Å²) in [5, 5.41) is 12.1. The zero-order valence-corrected chi connectivity index (χ0v) is 17.8. The Kier molecular flexibility index (Phi) is 3.76. The van der Waals surface area contributed by atoms with Crippen molar-refractivity contribution in [1.82, 2.24) is 16.0 Å². The quantitative estimate of drug-likeness (QED) is 0.693. The highest BCUT2D eigenvalue weighted by molar-refractivity contribution is 5.15. The molecule has 3 nitrogen and oxygen atoms in total. The molecule has 6 bridgehead atoms. The van der Waals surface area contributed by atoms with Crippen LogP contribution in [0.4, 0.5) is 0 Å². The van der Waals surface area contributed by atoms with Crippen LogP contribution in [0.15, 0.2) is 0 Å². The molecule has 7 aliphatic rings. The molecule has 10 atom stereocenters. The van der Waals surface area contributed by atoms with E-state index in [1.54, 1.807) is 0 Å². The molecule has 7 fully saturated rings. The Hall–Kier alpha value is -0.120. The van der Waals surface area contributed by atoms with Gasteiger partial charge in [0.15, 0.2) is 0 Å². The van der Waals surface area contributed by atoms with E-state index in [-0.39, 0.29) is 0 Å². The van der Waals surface area contributed by atoms with E-state index in [9.17, 15) is 0 Å². The van der Waals surface area contributed by atoms with Gasteiger partial charge in [0, 0.05) is 23.2 Å². The van der Waals surface area contributed by atoms with E-state index >= 15 is 0 Å². The highest BCUT2D eigenvalue weighted by Gasteiger charge is 2.60. The SMILES string of the molecule is CC12CCC(CCN1)C(C1NCC3CC1(C)CC3C1CC3CCC1(C)N3)C2. The lowest BCUT2D eigenvalue weighted by Crippen LogP contribution is -2.56. The van der Waals surface area contributed by atoms with Crippen LogP contribution in [0, 0.1) is 35.0 Å². The third kappa shape index (κ3) is 2.56. The first-order chi connectivity index (χ1) is 12.9. The van der Waals surface area contributed by atoms with E-state index in [0.717, 1.165) is 41.7 Å². The van der Waals surface area contributed by atoms with Gasteiger partial charge in [-0.2, -0.15) is 0 Å². The maximum atomic E-state index is 4.18. The zero-order chi connectivity index (χ0) is 18.4. The van der Waals surface area contributed by atoms with Crippen LogP contribution in [0.25, 0.3) is 0 Å². The number of nitrogens with one attached hydrogen (secondary N) is 3. The van der Waals surface area contributed by atoms with E-state index in [0.29, 0.717) is 16.5 Å². The smallest absolute Gasteiger partial charge is 0.0188 e. The molecule has 0 amide bonds. The Morgan fingerprint density at radius 1 is 0.852 bits per heavy atom. The van der Waals surface area contributed by atoms with Gasteiger partial charge < -0.3 is 16.0 Å². The molecule has 3 heteroatoms. The molecule has 0 aromatic rings. The molecule has 7 rings (SSSR count). The lowest BCUT2D eigenvalue weighted by atomic mass is 9.61. The number of fused-ring (bicyclic) bond motifs is 8. The van der Waals surface area contributed by atoms with Crippen molar-refractivity contribution in [2.24, 2.45) is 35.0 Å². The summed E-state index contributed by atoms with van der Waals surface area (Å²) >= 11 is 0. The molecule has 5 heterocycles. The van der Waals surface area contributed by atoms with Gasteiger partial charge in [0.1, 0.15) is 0 Å². The number of piperidine rings is 1. The topological polar surface area (TPSA) is 36.1 Å². The summed E-state index contributed by atoms with van der Waals surface area (Å²) in [6.45, 7) is 10.3. The maximum Gasteiger partial charge on any atom is 0.0188 e. The molecule has 5 aliphatic heterocycles. The minimum absolute atomic E-state index is 0.409. The lowest BCUT2D eigenvalue weighted by molar-refractivity contribution is 0.0496. The third-order valence-corrected chi connectivity index (χ3v) is 10.7. The van der Waals surface area contributed by atoms with Crippen molar-refractivity contribution < 1.29 is 0 Å². The van der Waals surface area contributed by atoms with Crippen molar-refractivity contribution in [2.45, 2.75) is 102 Å². The molecule has 152 valence electrons. The molecule has 0 aromatic carbocycles. The van der Waals surface area contributed by atoms with Gasteiger partial charge in [0.25, 0.3) is 0 Å². The van der Waals surface area contributed by atoms with Crippen molar-refractivity contribution in [2.75, 3.05) is 13.1 Å². The molecule has 2 aliphatic carbocycles. The molecule has 10 unspecified atom stereocenters. The van der Waals surface area contributed by atoms with Crippen LogP contribution < -0.4 is 16.0 Å². The summed E-state index contributed by atoms with van der Waals surface area (Å²) in [4.78, 5) is 0. The van der Waals surface area contributed by atoms with Crippen LogP contribution in [0.2, 0.25) is 0 Å². The molecule has 0 aromatic heterocycles. The van der Waals surface area contributed by atoms with Crippen molar-refractivity contribution in [3.05, 3.63) is 0 Å². The van der Waals surface area contributed by atoms with Crippen LogP contribution in [-0.2, 0) is 0 Å². The van der Waals surface area contributed by atoms with Crippen molar-refractivity contribution in [3.8, 4) is 0 Å². The zero-order valence-electron chi connectivity index (χ0n) is 17.8. The summed E-state index contributed by atoms with van der Waals surface area (Å²) in [5.41, 5.74) is 1.40. The fraction of sp³-hybridized carbons (Fsp3) is 1.00. The van der Waals surface area contributed by atoms with E-state index in [2.05, 4.69) is 36.7 Å². The molecule has 3 N–H and O–H groups in total. The Morgan fingerprint density at radius 3 is 2.52 bits per heavy atom. The van der Waals surface area contributed by atoms with Crippen molar-refractivity contribution in [3.63, 3.8) is 0 Å². The number of hydrogen-bond donors (Lipinski definition) is 3. The van der Waals surface area contributed by atoms with Crippen LogP contribution in [-0.4, -0.2) is 36.3 Å². The van der Waals surface area contributed by atoms with Gasteiger partial charge in [0.2, 0.25) is 0 Å². The van der Waals surface area contributed by atoms with Gasteiger partial charge in [-0.1, -0.05) is 6.92 Å². The summed E-state index contributed by atoms with van der Waals surface area (Å²) in [7, 11) is 0. The van der Waals surface area contributed by atoms with Gasteiger partial charge >= 0.3 is 0 Å². The Labute approximate surface area is 166 Å². The number of rotatable bonds is 2. The van der Waals surface area contributed by atoms with Gasteiger partial charge in [-0.3, -0.25) is 0 Å². The molecular weight excluding hydrogens is 330 g/mol. The van der Waals surface area contributed by atoms with Gasteiger partial charge in [-0.15, -0.1) is 0 Å². The second-order valence-corrected chi connectivity index (χ2v) is 12.5. The average Bonchev–Trinajstić information content (AvgIpc) is 3.14.